The molecule has 7 nitrogen and oxygen atoms in total. The van der Waals surface area contributed by atoms with Crippen molar-refractivity contribution in [1.82, 2.24) is 10.2 Å². The van der Waals surface area contributed by atoms with Crippen LogP contribution >= 0.6 is 0 Å². The first-order valence-corrected chi connectivity index (χ1v) is 7.73. The smallest absolute Gasteiger partial charge is 0.242 e. The minimum atomic E-state index is -0.459. The average Bonchev–Trinajstić information content (AvgIpc) is 3.17. The number of carbonyl (C=O) groups is 2. The van der Waals surface area contributed by atoms with Gasteiger partial charge in [-0.05, 0) is 30.5 Å². The number of hydrogen-bond donors (Lipinski definition) is 2. The number of ether oxygens (including phenoxy) is 2. The summed E-state index contributed by atoms with van der Waals surface area (Å²) >= 11 is 0. The number of nitrogens with two attached hydrogens (primary N) is 1. The zero-order chi connectivity index (χ0) is 16.4. The van der Waals surface area contributed by atoms with E-state index in [1.165, 1.54) is 0 Å². The van der Waals surface area contributed by atoms with Crippen LogP contribution in [-0.4, -0.2) is 49.2 Å². The van der Waals surface area contributed by atoms with E-state index < -0.39 is 6.04 Å². The summed E-state index contributed by atoms with van der Waals surface area (Å²) in [6.45, 7) is 0.662. The molecule has 0 saturated carbocycles. The highest BCUT2D eigenvalue weighted by molar-refractivity contribution is 5.88. The lowest BCUT2D eigenvalue weighted by atomic mass is 10.1. The lowest BCUT2D eigenvalue weighted by molar-refractivity contribution is -0.138. The summed E-state index contributed by atoms with van der Waals surface area (Å²) in [5.74, 6) is 1.23. The Morgan fingerprint density at radius 3 is 2.91 bits per heavy atom. The third-order valence-corrected chi connectivity index (χ3v) is 4.27. The zero-order valence-electron chi connectivity index (χ0n) is 13.1. The van der Waals surface area contributed by atoms with Crippen LogP contribution in [-0.2, 0) is 16.0 Å². The number of rotatable bonds is 4. The van der Waals surface area contributed by atoms with Gasteiger partial charge < -0.3 is 25.4 Å². The van der Waals surface area contributed by atoms with Gasteiger partial charge in [0.2, 0.25) is 18.6 Å². The third-order valence-electron chi connectivity index (χ3n) is 4.27. The second kappa shape index (κ2) is 6.45. The number of likely N-dealkylation sites (tertiary alicyclic amines) is 1. The first-order valence-electron chi connectivity index (χ1n) is 7.73. The summed E-state index contributed by atoms with van der Waals surface area (Å²) in [4.78, 5) is 25.9. The van der Waals surface area contributed by atoms with Gasteiger partial charge in [0.25, 0.3) is 0 Å². The number of carbonyl (C=O) groups excluding carboxylic acids is 2. The van der Waals surface area contributed by atoms with Crippen molar-refractivity contribution in [2.45, 2.75) is 31.3 Å². The highest BCUT2D eigenvalue weighted by atomic mass is 16.7. The van der Waals surface area contributed by atoms with Crippen LogP contribution in [0.25, 0.3) is 0 Å². The molecule has 1 fully saturated rings. The van der Waals surface area contributed by atoms with Crippen LogP contribution in [0.15, 0.2) is 18.2 Å². The first-order chi connectivity index (χ1) is 11.1. The van der Waals surface area contributed by atoms with Crippen molar-refractivity contribution in [2.24, 2.45) is 5.73 Å². The maximum absolute atomic E-state index is 12.5. The Hall–Kier alpha value is -2.28. The molecule has 0 radical (unpaired) electrons. The number of nitrogens with one attached hydrogen (secondary N) is 1. The van der Waals surface area contributed by atoms with Crippen LogP contribution in [0.1, 0.15) is 18.4 Å². The molecule has 3 N–H and O–H groups in total. The predicted octanol–water partition coefficient (Wildman–Crippen LogP) is 0.0221. The fraction of sp³-hybridized carbons (Fsp3) is 0.500. The van der Waals surface area contributed by atoms with Gasteiger partial charge in [-0.25, -0.2) is 0 Å². The van der Waals surface area contributed by atoms with E-state index in [1.807, 2.05) is 18.2 Å². The van der Waals surface area contributed by atoms with Gasteiger partial charge in [-0.1, -0.05) is 6.07 Å². The van der Waals surface area contributed by atoms with Crippen molar-refractivity contribution in [2.75, 3.05) is 20.4 Å². The first kappa shape index (κ1) is 15.6. The van der Waals surface area contributed by atoms with Crippen molar-refractivity contribution in [3.8, 4) is 11.5 Å². The number of amides is 2. The predicted molar refractivity (Wildman–Crippen MR) is 83.0 cm³/mol. The normalized spacial score (nSPS) is 22.3. The number of nitrogens with zero attached hydrogens (tertiary/aromatic N) is 1. The van der Waals surface area contributed by atoms with Crippen LogP contribution in [0, 0.1) is 0 Å². The Kier molecular flexibility index (Phi) is 4.38. The zero-order valence-corrected chi connectivity index (χ0v) is 13.1. The van der Waals surface area contributed by atoms with Gasteiger partial charge in [0.1, 0.15) is 6.04 Å². The Labute approximate surface area is 134 Å². The molecule has 0 spiro atoms. The molecule has 1 aromatic carbocycles. The van der Waals surface area contributed by atoms with Gasteiger partial charge in [-0.2, -0.15) is 0 Å². The van der Waals surface area contributed by atoms with Gasteiger partial charge in [-0.3, -0.25) is 9.59 Å². The van der Waals surface area contributed by atoms with E-state index in [-0.39, 0.29) is 24.6 Å². The summed E-state index contributed by atoms with van der Waals surface area (Å²) in [7, 11) is 1.57. The highest BCUT2D eigenvalue weighted by Crippen LogP contribution is 2.32. The Morgan fingerprint density at radius 2 is 2.13 bits per heavy atom. The fourth-order valence-corrected chi connectivity index (χ4v) is 3.05. The molecule has 0 bridgehead atoms. The van der Waals surface area contributed by atoms with E-state index in [0.717, 1.165) is 11.3 Å². The summed E-state index contributed by atoms with van der Waals surface area (Å²) < 4.78 is 10.6. The van der Waals surface area contributed by atoms with Crippen molar-refractivity contribution in [3.05, 3.63) is 23.8 Å². The summed E-state index contributed by atoms with van der Waals surface area (Å²) in [6.07, 6.45) is 1.43. The SMILES string of the molecule is CNC(=O)[C@@H]1C[C@H](N)CN1C(=O)CCc1ccc2c(c1)OCO2. The molecule has 0 aliphatic carbocycles. The number of fused-ring (bicyclic) bond motifs is 1. The van der Waals surface area contributed by atoms with Crippen LogP contribution in [0.3, 0.4) is 0 Å². The van der Waals surface area contributed by atoms with Crippen LogP contribution in [0.4, 0.5) is 0 Å². The maximum Gasteiger partial charge on any atom is 0.242 e. The molecule has 2 heterocycles. The van der Waals surface area contributed by atoms with Crippen molar-refractivity contribution < 1.29 is 19.1 Å². The summed E-state index contributed by atoms with van der Waals surface area (Å²) in [6, 6.07) is 5.06. The van der Waals surface area contributed by atoms with Crippen molar-refractivity contribution in [3.63, 3.8) is 0 Å². The molecule has 2 atom stereocenters. The molecule has 2 amide bonds. The van der Waals surface area contributed by atoms with Gasteiger partial charge in [0.15, 0.2) is 11.5 Å². The van der Waals surface area contributed by atoms with Gasteiger partial charge >= 0.3 is 0 Å². The maximum atomic E-state index is 12.5. The highest BCUT2D eigenvalue weighted by Gasteiger charge is 2.37. The standard InChI is InChI=1S/C16H21N3O4/c1-18-16(21)12-7-11(17)8-19(12)15(20)5-3-10-2-4-13-14(6-10)23-9-22-13/h2,4,6,11-12H,3,5,7-9,17H2,1H3,(H,18,21)/t11-,12-/m0/s1. The van der Waals surface area contributed by atoms with E-state index in [2.05, 4.69) is 5.32 Å². The van der Waals surface area contributed by atoms with E-state index in [1.54, 1.807) is 11.9 Å². The Bertz CT molecular complexity index is 619. The molecular weight excluding hydrogens is 298 g/mol. The number of benzene rings is 1. The lowest BCUT2D eigenvalue weighted by Gasteiger charge is -2.23. The molecule has 1 saturated heterocycles. The monoisotopic (exact) mass is 319 g/mol. The van der Waals surface area contributed by atoms with E-state index in [0.29, 0.717) is 31.6 Å². The van der Waals surface area contributed by atoms with E-state index in [9.17, 15) is 9.59 Å². The molecule has 124 valence electrons. The fourth-order valence-electron chi connectivity index (χ4n) is 3.05. The molecule has 7 heteroatoms. The second-order valence-corrected chi connectivity index (χ2v) is 5.86. The Morgan fingerprint density at radius 1 is 1.35 bits per heavy atom. The summed E-state index contributed by atoms with van der Waals surface area (Å²) in [5, 5.41) is 2.60. The van der Waals surface area contributed by atoms with Crippen molar-refractivity contribution >= 4 is 11.8 Å². The van der Waals surface area contributed by atoms with Crippen LogP contribution < -0.4 is 20.5 Å². The molecule has 23 heavy (non-hydrogen) atoms. The van der Waals surface area contributed by atoms with Gasteiger partial charge in [0, 0.05) is 26.1 Å². The molecule has 1 aromatic rings. The topological polar surface area (TPSA) is 93.9 Å². The van der Waals surface area contributed by atoms with Crippen LogP contribution in [0.2, 0.25) is 0 Å². The molecule has 2 aliphatic heterocycles. The third kappa shape index (κ3) is 3.24. The number of aryl methyl sites for hydroxylation is 1. The van der Waals surface area contributed by atoms with Gasteiger partial charge in [0.05, 0.1) is 0 Å². The minimum Gasteiger partial charge on any atom is -0.454 e. The average molecular weight is 319 g/mol. The minimum absolute atomic E-state index is 0.0517. The molecule has 3 rings (SSSR count). The quantitative estimate of drug-likeness (QED) is 0.816. The second-order valence-electron chi connectivity index (χ2n) is 5.86. The largest absolute Gasteiger partial charge is 0.454 e. The van der Waals surface area contributed by atoms with Crippen molar-refractivity contribution in [1.29, 1.82) is 0 Å². The molecule has 2 aliphatic rings. The Balaban J connectivity index is 1.61. The van der Waals surface area contributed by atoms with E-state index >= 15 is 0 Å². The summed E-state index contributed by atoms with van der Waals surface area (Å²) in [5.41, 5.74) is 6.91. The van der Waals surface area contributed by atoms with Gasteiger partial charge in [-0.15, -0.1) is 0 Å². The molecule has 0 unspecified atom stereocenters. The molecular formula is C16H21N3O4. The van der Waals surface area contributed by atoms with E-state index in [4.69, 9.17) is 15.2 Å². The lowest BCUT2D eigenvalue weighted by Crippen LogP contribution is -2.45. The van der Waals surface area contributed by atoms with Crippen LogP contribution in [0.5, 0.6) is 11.5 Å². The number of likely N-dealkylation sites (N-methyl/N-ethyl adjacent to an activating group) is 1. The molecule has 0 aromatic heterocycles. The number of hydrogen-bond acceptors (Lipinski definition) is 5.